The van der Waals surface area contributed by atoms with E-state index in [1.807, 2.05) is 24.4 Å². The standard InChI is InChI=1S/C23H25FN6O2/c1-32-11-10-29-16-25-21-12-19(3-4-20(21)23(29)31)28-8-6-27(7-9-28)14-18-15-30-13-17(24)2-5-22(30)26-18/h2-5,12-13,15-16H,6-11,14H2,1H3. The van der Waals surface area contributed by atoms with E-state index in [-0.39, 0.29) is 11.4 Å². The van der Waals surface area contributed by atoms with Gasteiger partial charge in [0.25, 0.3) is 5.56 Å². The number of pyridine rings is 1. The Bertz CT molecular complexity index is 1310. The van der Waals surface area contributed by atoms with E-state index in [0.29, 0.717) is 24.1 Å². The van der Waals surface area contributed by atoms with Crippen LogP contribution in [-0.2, 0) is 17.8 Å². The first kappa shape index (κ1) is 20.6. The van der Waals surface area contributed by atoms with Crippen LogP contribution in [0.3, 0.4) is 0 Å². The maximum atomic E-state index is 13.4. The number of nitrogens with zero attached hydrogens (tertiary/aromatic N) is 6. The lowest BCUT2D eigenvalue weighted by Gasteiger charge is -2.35. The Morgan fingerprint density at radius 2 is 1.94 bits per heavy atom. The quantitative estimate of drug-likeness (QED) is 0.462. The van der Waals surface area contributed by atoms with Gasteiger partial charge in [-0.15, -0.1) is 0 Å². The van der Waals surface area contributed by atoms with Crippen molar-refractivity contribution in [3.63, 3.8) is 0 Å². The molecule has 5 rings (SSSR count). The molecule has 0 N–H and O–H groups in total. The fourth-order valence-electron chi connectivity index (χ4n) is 4.18. The summed E-state index contributed by atoms with van der Waals surface area (Å²) in [7, 11) is 1.62. The van der Waals surface area contributed by atoms with Crippen molar-refractivity contribution in [2.75, 3.05) is 44.8 Å². The number of hydrogen-bond acceptors (Lipinski definition) is 6. The highest BCUT2D eigenvalue weighted by Crippen LogP contribution is 2.21. The van der Waals surface area contributed by atoms with Crippen LogP contribution in [0.4, 0.5) is 10.1 Å². The van der Waals surface area contributed by atoms with Crippen LogP contribution in [0.15, 0.2) is 53.8 Å². The van der Waals surface area contributed by atoms with Gasteiger partial charge in [0.2, 0.25) is 0 Å². The van der Waals surface area contributed by atoms with Gasteiger partial charge in [0, 0.05) is 57.9 Å². The van der Waals surface area contributed by atoms with Gasteiger partial charge in [0.1, 0.15) is 11.5 Å². The number of halogens is 1. The summed E-state index contributed by atoms with van der Waals surface area (Å²) in [5.41, 5.74) is 3.42. The first-order chi connectivity index (χ1) is 15.6. The second-order valence-electron chi connectivity index (χ2n) is 8.05. The molecular weight excluding hydrogens is 411 g/mol. The first-order valence-corrected chi connectivity index (χ1v) is 10.7. The van der Waals surface area contributed by atoms with E-state index in [1.54, 1.807) is 28.5 Å². The molecule has 1 aliphatic heterocycles. The van der Waals surface area contributed by atoms with Gasteiger partial charge in [-0.1, -0.05) is 0 Å². The number of ether oxygens (including phenoxy) is 1. The third kappa shape index (κ3) is 4.09. The fourth-order valence-corrected chi connectivity index (χ4v) is 4.18. The number of methoxy groups -OCH3 is 1. The Balaban J connectivity index is 1.25. The van der Waals surface area contributed by atoms with E-state index in [1.165, 1.54) is 12.3 Å². The van der Waals surface area contributed by atoms with E-state index in [9.17, 15) is 9.18 Å². The summed E-state index contributed by atoms with van der Waals surface area (Å²) >= 11 is 0. The van der Waals surface area contributed by atoms with Gasteiger partial charge in [-0.05, 0) is 30.3 Å². The summed E-state index contributed by atoms with van der Waals surface area (Å²) in [6.07, 6.45) is 4.93. The zero-order valence-electron chi connectivity index (χ0n) is 17.9. The third-order valence-corrected chi connectivity index (χ3v) is 5.93. The number of anilines is 1. The topological polar surface area (TPSA) is 67.9 Å². The second kappa shape index (κ2) is 8.68. The maximum Gasteiger partial charge on any atom is 0.261 e. The first-order valence-electron chi connectivity index (χ1n) is 10.7. The van der Waals surface area contributed by atoms with E-state index in [0.717, 1.165) is 49.8 Å². The predicted octanol–water partition coefficient (Wildman–Crippen LogP) is 2.15. The van der Waals surface area contributed by atoms with Gasteiger partial charge in [-0.25, -0.2) is 14.4 Å². The van der Waals surface area contributed by atoms with Crippen LogP contribution in [-0.4, -0.2) is 63.7 Å². The molecule has 0 aliphatic carbocycles. The van der Waals surface area contributed by atoms with Crippen molar-refractivity contribution in [2.24, 2.45) is 0 Å². The van der Waals surface area contributed by atoms with Crippen molar-refractivity contribution in [3.05, 3.63) is 70.9 Å². The average Bonchev–Trinajstić information content (AvgIpc) is 3.20. The van der Waals surface area contributed by atoms with Crippen molar-refractivity contribution in [3.8, 4) is 0 Å². The van der Waals surface area contributed by atoms with Crippen LogP contribution in [0.25, 0.3) is 16.6 Å². The molecule has 0 atom stereocenters. The Morgan fingerprint density at radius 3 is 2.75 bits per heavy atom. The van der Waals surface area contributed by atoms with Gasteiger partial charge >= 0.3 is 0 Å². The number of hydrogen-bond donors (Lipinski definition) is 0. The molecule has 0 saturated carbocycles. The highest BCUT2D eigenvalue weighted by Gasteiger charge is 2.19. The van der Waals surface area contributed by atoms with Crippen LogP contribution in [0.1, 0.15) is 5.69 Å². The molecule has 0 spiro atoms. The van der Waals surface area contributed by atoms with E-state index >= 15 is 0 Å². The SMILES string of the molecule is COCCn1cnc2cc(N3CCN(Cc4cn5cc(F)ccc5n4)CC3)ccc2c1=O. The van der Waals surface area contributed by atoms with E-state index < -0.39 is 0 Å². The molecule has 1 aromatic carbocycles. The van der Waals surface area contributed by atoms with Crippen molar-refractivity contribution in [2.45, 2.75) is 13.1 Å². The highest BCUT2D eigenvalue weighted by molar-refractivity contribution is 5.81. The summed E-state index contributed by atoms with van der Waals surface area (Å²) in [6, 6.07) is 8.97. The second-order valence-corrected chi connectivity index (χ2v) is 8.05. The summed E-state index contributed by atoms with van der Waals surface area (Å²) in [5, 5.41) is 0.620. The fraction of sp³-hybridized carbons (Fsp3) is 0.348. The molecule has 0 bridgehead atoms. The molecule has 0 radical (unpaired) electrons. The summed E-state index contributed by atoms with van der Waals surface area (Å²) in [4.78, 5) is 26.4. The third-order valence-electron chi connectivity index (χ3n) is 5.93. The molecule has 0 amide bonds. The molecule has 0 unspecified atom stereocenters. The molecule has 1 aliphatic rings. The number of piperazine rings is 1. The number of rotatable bonds is 6. The lowest BCUT2D eigenvalue weighted by atomic mass is 10.2. The molecule has 4 aromatic rings. The lowest BCUT2D eigenvalue weighted by Crippen LogP contribution is -2.46. The molecule has 3 aromatic heterocycles. The van der Waals surface area contributed by atoms with Crippen LogP contribution in [0.2, 0.25) is 0 Å². The Kier molecular flexibility index (Phi) is 5.59. The minimum Gasteiger partial charge on any atom is -0.383 e. The minimum atomic E-state index is -0.270. The zero-order chi connectivity index (χ0) is 22.1. The Morgan fingerprint density at radius 1 is 1.09 bits per heavy atom. The minimum absolute atomic E-state index is 0.0456. The summed E-state index contributed by atoms with van der Waals surface area (Å²) < 4.78 is 21.8. The summed E-state index contributed by atoms with van der Waals surface area (Å²) in [5.74, 6) is -0.270. The number of fused-ring (bicyclic) bond motifs is 2. The molecular formula is C23H25FN6O2. The van der Waals surface area contributed by atoms with Crippen molar-refractivity contribution < 1.29 is 9.13 Å². The number of benzene rings is 1. The molecule has 32 heavy (non-hydrogen) atoms. The molecule has 9 heteroatoms. The molecule has 1 fully saturated rings. The average molecular weight is 436 g/mol. The molecule has 4 heterocycles. The van der Waals surface area contributed by atoms with Crippen LogP contribution >= 0.6 is 0 Å². The molecule has 8 nitrogen and oxygen atoms in total. The van der Waals surface area contributed by atoms with Crippen molar-refractivity contribution in [1.82, 2.24) is 23.8 Å². The lowest BCUT2D eigenvalue weighted by molar-refractivity contribution is 0.186. The maximum absolute atomic E-state index is 13.4. The van der Waals surface area contributed by atoms with Crippen molar-refractivity contribution in [1.29, 1.82) is 0 Å². The van der Waals surface area contributed by atoms with Crippen LogP contribution in [0, 0.1) is 5.82 Å². The zero-order valence-corrected chi connectivity index (χ0v) is 17.9. The Hall–Kier alpha value is -3.30. The van der Waals surface area contributed by atoms with Gasteiger partial charge in [-0.3, -0.25) is 14.3 Å². The predicted molar refractivity (Wildman–Crippen MR) is 121 cm³/mol. The normalized spacial score (nSPS) is 15.1. The number of imidazole rings is 1. The van der Waals surface area contributed by atoms with E-state index in [2.05, 4.69) is 19.8 Å². The highest BCUT2D eigenvalue weighted by atomic mass is 19.1. The monoisotopic (exact) mass is 436 g/mol. The van der Waals surface area contributed by atoms with Crippen LogP contribution < -0.4 is 10.5 Å². The van der Waals surface area contributed by atoms with Crippen molar-refractivity contribution >= 4 is 22.2 Å². The van der Waals surface area contributed by atoms with Gasteiger partial charge in [0.15, 0.2) is 0 Å². The number of aromatic nitrogens is 4. The van der Waals surface area contributed by atoms with Crippen LogP contribution in [0.5, 0.6) is 0 Å². The van der Waals surface area contributed by atoms with Gasteiger partial charge in [-0.2, -0.15) is 0 Å². The summed E-state index contributed by atoms with van der Waals surface area (Å²) in [6.45, 7) is 5.23. The smallest absolute Gasteiger partial charge is 0.261 e. The molecule has 166 valence electrons. The Labute approximate surface area is 184 Å². The van der Waals surface area contributed by atoms with E-state index in [4.69, 9.17) is 4.74 Å². The van der Waals surface area contributed by atoms with Gasteiger partial charge in [0.05, 0.1) is 36.1 Å². The largest absolute Gasteiger partial charge is 0.383 e. The molecule has 1 saturated heterocycles. The van der Waals surface area contributed by atoms with Gasteiger partial charge < -0.3 is 14.0 Å².